The van der Waals surface area contributed by atoms with Crippen molar-refractivity contribution in [1.82, 2.24) is 19.3 Å². The van der Waals surface area contributed by atoms with Gasteiger partial charge in [-0.1, -0.05) is 11.6 Å². The molecule has 10 heteroatoms. The molecule has 1 N–H and O–H groups in total. The Morgan fingerprint density at radius 2 is 2.03 bits per heavy atom. The van der Waals surface area contributed by atoms with E-state index < -0.39 is 0 Å². The van der Waals surface area contributed by atoms with Crippen LogP contribution >= 0.6 is 27.5 Å². The highest BCUT2D eigenvalue weighted by atomic mass is 79.9. The average molecular weight is 480 g/mol. The molecular weight excluding hydrogens is 460 g/mol. The quantitative estimate of drug-likeness (QED) is 0.621. The number of aromatic nitrogens is 4. The highest BCUT2D eigenvalue weighted by Crippen LogP contribution is 2.31. The molecule has 0 saturated carbocycles. The molecule has 8 nitrogen and oxygen atoms in total. The van der Waals surface area contributed by atoms with Crippen LogP contribution in [0.4, 0.5) is 11.4 Å². The number of amides is 1. The Morgan fingerprint density at radius 1 is 1.28 bits per heavy atom. The maximum Gasteiger partial charge on any atom is 0.266 e. The largest absolute Gasteiger partial charge is 0.370 e. The van der Waals surface area contributed by atoms with Gasteiger partial charge >= 0.3 is 0 Å². The number of aryl methyl sites for hydroxylation is 1. The highest BCUT2D eigenvalue weighted by molar-refractivity contribution is 9.10. The van der Waals surface area contributed by atoms with Crippen LogP contribution in [0, 0.1) is 0 Å². The summed E-state index contributed by atoms with van der Waals surface area (Å²) in [6, 6.07) is 5.49. The van der Waals surface area contributed by atoms with Crippen molar-refractivity contribution in [3.63, 3.8) is 0 Å². The smallest absolute Gasteiger partial charge is 0.266 e. The molecular formula is C19H20BrClN6O2. The van der Waals surface area contributed by atoms with Gasteiger partial charge in [0, 0.05) is 25.2 Å². The number of anilines is 2. The van der Waals surface area contributed by atoms with Crippen LogP contribution in [0.2, 0.25) is 5.02 Å². The second kappa shape index (κ2) is 8.16. The van der Waals surface area contributed by atoms with Gasteiger partial charge in [0.25, 0.3) is 5.56 Å². The van der Waals surface area contributed by atoms with Gasteiger partial charge in [0.2, 0.25) is 5.91 Å². The molecule has 0 radical (unpaired) electrons. The minimum Gasteiger partial charge on any atom is -0.370 e. The number of benzene rings is 1. The first kappa shape index (κ1) is 19.9. The summed E-state index contributed by atoms with van der Waals surface area (Å²) in [4.78, 5) is 32.0. The lowest BCUT2D eigenvalue weighted by Crippen LogP contribution is -2.31. The van der Waals surface area contributed by atoms with E-state index in [1.165, 1.54) is 22.0 Å². The Balaban J connectivity index is 1.58. The number of carbonyl (C=O) groups excluding carboxylic acids is 1. The molecule has 0 atom stereocenters. The number of nitrogens with zero attached hydrogens (tertiary/aromatic N) is 5. The van der Waals surface area contributed by atoms with Crippen LogP contribution in [0.5, 0.6) is 0 Å². The molecule has 2 aromatic heterocycles. The first-order valence-electron chi connectivity index (χ1n) is 9.36. The molecule has 4 rings (SSSR count). The normalized spacial score (nSPS) is 14.4. The summed E-state index contributed by atoms with van der Waals surface area (Å²) in [7, 11) is 1.71. The Bertz CT molecular complexity index is 1140. The molecule has 3 heterocycles. The van der Waals surface area contributed by atoms with Crippen molar-refractivity contribution in [3.8, 4) is 0 Å². The molecule has 1 aromatic carbocycles. The molecule has 152 valence electrons. The third-order valence-electron chi connectivity index (χ3n) is 5.01. The Hall–Kier alpha value is -2.39. The van der Waals surface area contributed by atoms with E-state index in [9.17, 15) is 9.59 Å². The molecule has 1 amide bonds. The van der Waals surface area contributed by atoms with Gasteiger partial charge in [-0.3, -0.25) is 14.2 Å². The zero-order valence-electron chi connectivity index (χ0n) is 15.9. The molecule has 3 aromatic rings. The van der Waals surface area contributed by atoms with Crippen molar-refractivity contribution in [2.45, 2.75) is 25.8 Å². The van der Waals surface area contributed by atoms with E-state index in [0.29, 0.717) is 26.3 Å². The third kappa shape index (κ3) is 4.02. The number of fused-ring (bicyclic) bond motifs is 1. The van der Waals surface area contributed by atoms with Gasteiger partial charge in [0.1, 0.15) is 22.9 Å². The Morgan fingerprint density at radius 3 is 2.79 bits per heavy atom. The van der Waals surface area contributed by atoms with Gasteiger partial charge < -0.3 is 10.2 Å². The summed E-state index contributed by atoms with van der Waals surface area (Å²) in [6.45, 7) is 1.73. The minimum atomic E-state index is -0.326. The fourth-order valence-corrected chi connectivity index (χ4v) is 4.37. The number of nitrogens with one attached hydrogen (secondary N) is 1. The third-order valence-corrected chi connectivity index (χ3v) is 5.80. The predicted molar refractivity (Wildman–Crippen MR) is 117 cm³/mol. The maximum atomic E-state index is 12.7. The summed E-state index contributed by atoms with van der Waals surface area (Å²) >= 11 is 9.44. The van der Waals surface area contributed by atoms with Crippen molar-refractivity contribution in [2.75, 3.05) is 23.3 Å². The Labute approximate surface area is 180 Å². The summed E-state index contributed by atoms with van der Waals surface area (Å²) in [5, 5.41) is 7.95. The molecule has 0 bridgehead atoms. The molecule has 29 heavy (non-hydrogen) atoms. The molecule has 1 fully saturated rings. The lowest BCUT2D eigenvalue weighted by atomic mass is 10.1. The van der Waals surface area contributed by atoms with Gasteiger partial charge in [0.05, 0.1) is 11.4 Å². The zero-order valence-corrected chi connectivity index (χ0v) is 18.2. The van der Waals surface area contributed by atoms with Crippen LogP contribution in [-0.4, -0.2) is 38.3 Å². The molecule has 0 aliphatic carbocycles. The highest BCUT2D eigenvalue weighted by Gasteiger charge is 2.18. The molecule has 1 aliphatic heterocycles. The van der Waals surface area contributed by atoms with Crippen molar-refractivity contribution in [3.05, 3.63) is 44.5 Å². The first-order chi connectivity index (χ1) is 13.9. The van der Waals surface area contributed by atoms with Gasteiger partial charge in [-0.15, -0.1) is 0 Å². The standard InChI is InChI=1S/C19H20BrClN6O2/c1-25-18-16(17(20)24-25)19(29)27(11-22-18)10-15(28)23-13-9-12(21)5-6-14(13)26-7-3-2-4-8-26/h5-6,9,11H,2-4,7-8,10H2,1H3,(H,23,28). The molecule has 0 unspecified atom stereocenters. The van der Waals surface area contributed by atoms with Crippen LogP contribution in [-0.2, 0) is 18.4 Å². The lowest BCUT2D eigenvalue weighted by Gasteiger charge is -2.30. The number of rotatable bonds is 4. The maximum absolute atomic E-state index is 12.7. The molecule has 0 spiro atoms. The second-order valence-electron chi connectivity index (χ2n) is 7.05. The van der Waals surface area contributed by atoms with Crippen molar-refractivity contribution >= 4 is 55.8 Å². The lowest BCUT2D eigenvalue weighted by molar-refractivity contribution is -0.116. The second-order valence-corrected chi connectivity index (χ2v) is 8.24. The van der Waals surface area contributed by atoms with Crippen LogP contribution in [0.1, 0.15) is 19.3 Å². The first-order valence-corrected chi connectivity index (χ1v) is 10.5. The van der Waals surface area contributed by atoms with Crippen LogP contribution in [0.15, 0.2) is 33.9 Å². The van der Waals surface area contributed by atoms with E-state index in [4.69, 9.17) is 11.6 Å². The summed E-state index contributed by atoms with van der Waals surface area (Å²) in [5.41, 5.74) is 1.72. The average Bonchev–Trinajstić information content (AvgIpc) is 2.99. The molecule has 1 aliphatic rings. The van der Waals surface area contributed by atoms with Gasteiger partial charge in [-0.05, 0) is 53.4 Å². The van der Waals surface area contributed by atoms with Crippen LogP contribution < -0.4 is 15.8 Å². The van der Waals surface area contributed by atoms with Crippen molar-refractivity contribution in [1.29, 1.82) is 0 Å². The van der Waals surface area contributed by atoms with E-state index in [-0.39, 0.29) is 18.0 Å². The van der Waals surface area contributed by atoms with Crippen LogP contribution in [0.25, 0.3) is 11.0 Å². The summed E-state index contributed by atoms with van der Waals surface area (Å²) in [6.07, 6.45) is 4.82. The van der Waals surface area contributed by atoms with Crippen LogP contribution in [0.3, 0.4) is 0 Å². The SMILES string of the molecule is Cn1nc(Br)c2c(=O)n(CC(=O)Nc3cc(Cl)ccc3N3CCCCC3)cnc21. The van der Waals surface area contributed by atoms with E-state index in [0.717, 1.165) is 31.6 Å². The number of halogens is 2. The fourth-order valence-electron chi connectivity index (χ4n) is 3.61. The van der Waals surface area contributed by atoms with Gasteiger partial charge in [0.15, 0.2) is 5.65 Å². The summed E-state index contributed by atoms with van der Waals surface area (Å²) in [5.74, 6) is -0.325. The van der Waals surface area contributed by atoms with Crippen molar-refractivity contribution in [2.24, 2.45) is 7.05 Å². The summed E-state index contributed by atoms with van der Waals surface area (Å²) < 4.78 is 3.20. The van der Waals surface area contributed by atoms with E-state index in [1.54, 1.807) is 13.1 Å². The number of carbonyl (C=O) groups is 1. The number of hydrogen-bond acceptors (Lipinski definition) is 5. The van der Waals surface area contributed by atoms with Gasteiger partial charge in [-0.2, -0.15) is 5.10 Å². The number of piperidine rings is 1. The fraction of sp³-hybridized carbons (Fsp3) is 0.368. The zero-order chi connectivity index (χ0) is 20.5. The predicted octanol–water partition coefficient (Wildman–Crippen LogP) is 3.17. The molecule has 1 saturated heterocycles. The topological polar surface area (TPSA) is 85.0 Å². The van der Waals surface area contributed by atoms with Gasteiger partial charge in [-0.25, -0.2) is 9.67 Å². The van der Waals surface area contributed by atoms with E-state index in [1.807, 2.05) is 12.1 Å². The monoisotopic (exact) mass is 478 g/mol. The number of hydrogen-bond donors (Lipinski definition) is 1. The minimum absolute atomic E-state index is 0.158. The van der Waals surface area contributed by atoms with Crippen molar-refractivity contribution < 1.29 is 4.79 Å². The van der Waals surface area contributed by atoms with E-state index in [2.05, 4.69) is 36.2 Å². The van der Waals surface area contributed by atoms with E-state index >= 15 is 0 Å². The Kier molecular flexibility index (Phi) is 5.60.